The molecule has 0 aliphatic carbocycles. The van der Waals surface area contributed by atoms with E-state index >= 15 is 0 Å². The van der Waals surface area contributed by atoms with Gasteiger partial charge in [0.05, 0.1) is 11.4 Å². The lowest BCUT2D eigenvalue weighted by molar-refractivity contribution is 0.0949. The highest BCUT2D eigenvalue weighted by Crippen LogP contribution is 2.39. The number of nitrogens with one attached hydrogen (secondary N) is 2. The van der Waals surface area contributed by atoms with Gasteiger partial charge in [0.1, 0.15) is 0 Å². The predicted molar refractivity (Wildman–Crippen MR) is 157 cm³/mol. The van der Waals surface area contributed by atoms with Gasteiger partial charge < -0.3 is 24.5 Å². The number of anilines is 2. The molecule has 4 heterocycles. The third-order valence-electron chi connectivity index (χ3n) is 7.47. The summed E-state index contributed by atoms with van der Waals surface area (Å²) in [5.41, 5.74) is 3.69. The summed E-state index contributed by atoms with van der Waals surface area (Å²) >= 11 is 9.32. The topological polar surface area (TPSA) is 96.6 Å². The van der Waals surface area contributed by atoms with Crippen molar-refractivity contribution in [1.29, 1.82) is 0 Å². The van der Waals surface area contributed by atoms with Gasteiger partial charge in [0.15, 0.2) is 10.4 Å². The van der Waals surface area contributed by atoms with E-state index in [1.54, 1.807) is 42.5 Å². The van der Waals surface area contributed by atoms with Crippen LogP contribution < -0.4 is 21.1 Å². The Balaban J connectivity index is 1.29. The number of piperidine rings is 1. The number of halogens is 2. The van der Waals surface area contributed by atoms with Crippen molar-refractivity contribution in [2.75, 3.05) is 23.3 Å². The Morgan fingerprint density at radius 3 is 2.62 bits per heavy atom. The quantitative estimate of drug-likeness (QED) is 0.290. The number of nitrogens with zero attached hydrogens (tertiary/aromatic N) is 2. The number of hydrogen-bond donors (Lipinski definition) is 2. The number of carbonyl (C=O) groups excluding carboxylic acids is 2. The second kappa shape index (κ2) is 11.0. The second-order valence-electron chi connectivity index (χ2n) is 10.2. The number of hydrogen-bond acceptors (Lipinski definition) is 5. The van der Waals surface area contributed by atoms with E-state index in [2.05, 4.69) is 31.5 Å². The molecule has 0 spiro atoms. The highest BCUT2D eigenvalue weighted by molar-refractivity contribution is 9.10. The van der Waals surface area contributed by atoms with Gasteiger partial charge in [-0.25, -0.2) is 0 Å². The third kappa shape index (κ3) is 5.44. The maximum Gasteiger partial charge on any atom is 0.291 e. The van der Waals surface area contributed by atoms with E-state index in [0.29, 0.717) is 40.6 Å². The van der Waals surface area contributed by atoms with Gasteiger partial charge in [-0.1, -0.05) is 29.8 Å². The smallest absolute Gasteiger partial charge is 0.291 e. The SMILES string of the molecule is O=C(NCc1cccc(Cl)c1)c1ccc(N2CC3CC(C2)c2cccc(=O)n2C3)c(NC(=O)c2ccc(Br)o2)c1. The fourth-order valence-electron chi connectivity index (χ4n) is 5.70. The fourth-order valence-corrected chi connectivity index (χ4v) is 6.22. The van der Waals surface area contributed by atoms with Crippen molar-refractivity contribution >= 4 is 50.7 Å². The van der Waals surface area contributed by atoms with E-state index in [9.17, 15) is 14.4 Å². The zero-order valence-corrected chi connectivity index (χ0v) is 23.7. The average molecular weight is 622 g/mol. The normalized spacial score (nSPS) is 17.7. The maximum absolute atomic E-state index is 13.1. The van der Waals surface area contributed by atoms with Gasteiger partial charge in [-0.05, 0) is 82.4 Å². The Labute approximate surface area is 244 Å². The van der Waals surface area contributed by atoms with Crippen LogP contribution in [-0.2, 0) is 13.1 Å². The zero-order valence-electron chi connectivity index (χ0n) is 21.4. The molecule has 2 N–H and O–H groups in total. The molecule has 10 heteroatoms. The first kappa shape index (κ1) is 26.4. The minimum absolute atomic E-state index is 0.0337. The van der Waals surface area contributed by atoms with E-state index in [-0.39, 0.29) is 29.1 Å². The number of fused-ring (bicyclic) bond motifs is 4. The molecule has 1 saturated heterocycles. The molecule has 8 nitrogen and oxygen atoms in total. The molecule has 2 amide bonds. The summed E-state index contributed by atoms with van der Waals surface area (Å²) in [5.74, 6) is -0.0650. The van der Waals surface area contributed by atoms with Crippen LogP contribution in [0.4, 0.5) is 11.4 Å². The molecule has 2 aliphatic heterocycles. The van der Waals surface area contributed by atoms with Gasteiger partial charge in [0.2, 0.25) is 0 Å². The molecule has 4 aromatic rings. The summed E-state index contributed by atoms with van der Waals surface area (Å²) in [6.07, 6.45) is 1.01. The lowest BCUT2D eigenvalue weighted by Gasteiger charge is -2.44. The number of aromatic nitrogens is 1. The van der Waals surface area contributed by atoms with Crippen LogP contribution in [0.15, 0.2) is 86.7 Å². The van der Waals surface area contributed by atoms with Crippen LogP contribution in [0.5, 0.6) is 0 Å². The Hall–Kier alpha value is -3.82. The van der Waals surface area contributed by atoms with Gasteiger partial charge in [0, 0.05) is 54.4 Å². The summed E-state index contributed by atoms with van der Waals surface area (Å²) in [7, 11) is 0. The molecule has 2 aromatic carbocycles. The van der Waals surface area contributed by atoms with E-state index in [4.69, 9.17) is 16.0 Å². The number of furan rings is 1. The van der Waals surface area contributed by atoms with Crippen LogP contribution in [0.1, 0.15) is 44.5 Å². The minimum Gasteiger partial charge on any atom is -0.444 e. The standard InChI is InChI=1S/C30H26BrClN4O4/c31-27-10-9-26(40-27)30(39)34-23-13-20(29(38)33-14-18-3-1-4-22(32)12-18)7-8-25(23)35-15-19-11-21(17-35)24-5-2-6-28(37)36(24)16-19/h1-10,12-13,19,21H,11,14-17H2,(H,33,38)(H,34,39). The van der Waals surface area contributed by atoms with Gasteiger partial charge in [-0.2, -0.15) is 0 Å². The average Bonchev–Trinajstić information content (AvgIpc) is 3.39. The van der Waals surface area contributed by atoms with Crippen molar-refractivity contribution < 1.29 is 14.0 Å². The Bertz CT molecular complexity index is 1670. The summed E-state index contributed by atoms with van der Waals surface area (Å²) in [6.45, 7) is 2.40. The number of rotatable bonds is 6. The molecule has 0 radical (unpaired) electrons. The molecular formula is C30H26BrClN4O4. The molecule has 40 heavy (non-hydrogen) atoms. The van der Waals surface area contributed by atoms with E-state index < -0.39 is 5.91 Å². The lowest BCUT2D eigenvalue weighted by atomic mass is 9.83. The van der Waals surface area contributed by atoms with Crippen molar-refractivity contribution in [2.45, 2.75) is 25.4 Å². The Morgan fingerprint density at radius 2 is 1.82 bits per heavy atom. The molecule has 2 atom stereocenters. The second-order valence-corrected chi connectivity index (χ2v) is 11.4. The Kier molecular flexibility index (Phi) is 7.25. The lowest BCUT2D eigenvalue weighted by Crippen LogP contribution is -2.47. The molecule has 2 unspecified atom stereocenters. The summed E-state index contributed by atoms with van der Waals surface area (Å²) < 4.78 is 7.80. The van der Waals surface area contributed by atoms with E-state index in [1.807, 2.05) is 34.9 Å². The summed E-state index contributed by atoms with van der Waals surface area (Å²) in [5, 5.41) is 6.49. The third-order valence-corrected chi connectivity index (χ3v) is 8.13. The zero-order chi connectivity index (χ0) is 27.8. The van der Waals surface area contributed by atoms with Crippen molar-refractivity contribution in [3.63, 3.8) is 0 Å². The van der Waals surface area contributed by atoms with Crippen molar-refractivity contribution in [3.05, 3.63) is 115 Å². The number of benzene rings is 2. The van der Waals surface area contributed by atoms with Crippen molar-refractivity contribution in [1.82, 2.24) is 9.88 Å². The van der Waals surface area contributed by atoms with Gasteiger partial charge in [0.25, 0.3) is 17.4 Å². The van der Waals surface area contributed by atoms with Crippen LogP contribution in [0.3, 0.4) is 0 Å². The van der Waals surface area contributed by atoms with Crippen LogP contribution in [0.2, 0.25) is 5.02 Å². The predicted octanol–water partition coefficient (Wildman–Crippen LogP) is 5.66. The largest absolute Gasteiger partial charge is 0.444 e. The van der Waals surface area contributed by atoms with Crippen LogP contribution in [0.25, 0.3) is 0 Å². The van der Waals surface area contributed by atoms with Crippen molar-refractivity contribution in [2.24, 2.45) is 5.92 Å². The highest BCUT2D eigenvalue weighted by Gasteiger charge is 2.35. The molecule has 0 saturated carbocycles. The van der Waals surface area contributed by atoms with E-state index in [1.165, 1.54) is 0 Å². The molecule has 1 fully saturated rings. The van der Waals surface area contributed by atoms with Gasteiger partial charge >= 0.3 is 0 Å². The highest BCUT2D eigenvalue weighted by atomic mass is 79.9. The molecule has 204 valence electrons. The van der Waals surface area contributed by atoms with Gasteiger partial charge in [-0.3, -0.25) is 14.4 Å². The molecule has 6 rings (SSSR count). The van der Waals surface area contributed by atoms with Crippen molar-refractivity contribution in [3.8, 4) is 0 Å². The maximum atomic E-state index is 13.1. The van der Waals surface area contributed by atoms with Crippen LogP contribution in [-0.4, -0.2) is 29.5 Å². The first-order valence-corrected chi connectivity index (χ1v) is 14.2. The molecule has 2 bridgehead atoms. The number of amides is 2. The molecular weight excluding hydrogens is 596 g/mol. The monoisotopic (exact) mass is 620 g/mol. The summed E-state index contributed by atoms with van der Waals surface area (Å²) in [6, 6.07) is 21.3. The van der Waals surface area contributed by atoms with E-state index in [0.717, 1.165) is 29.9 Å². The van der Waals surface area contributed by atoms with Crippen LogP contribution >= 0.6 is 27.5 Å². The summed E-state index contributed by atoms with van der Waals surface area (Å²) in [4.78, 5) is 40.9. The first-order valence-electron chi connectivity index (χ1n) is 13.0. The van der Waals surface area contributed by atoms with Gasteiger partial charge in [-0.15, -0.1) is 0 Å². The molecule has 2 aromatic heterocycles. The fraction of sp³-hybridized carbons (Fsp3) is 0.233. The number of carbonyl (C=O) groups is 2. The number of pyridine rings is 1. The Morgan fingerprint density at radius 1 is 0.975 bits per heavy atom. The molecule has 2 aliphatic rings. The van der Waals surface area contributed by atoms with Crippen LogP contribution in [0, 0.1) is 5.92 Å². The minimum atomic E-state index is -0.419. The first-order chi connectivity index (χ1) is 19.3.